The van der Waals surface area contributed by atoms with E-state index in [1.165, 1.54) is 11.3 Å². The number of hydrogen-bond donors (Lipinski definition) is 2. The molecule has 2 aromatic rings. The molecule has 3 rings (SSSR count). The van der Waals surface area contributed by atoms with Crippen molar-refractivity contribution in [2.45, 2.75) is 6.92 Å². The third kappa shape index (κ3) is 3.20. The van der Waals surface area contributed by atoms with Gasteiger partial charge in [-0.1, -0.05) is 17.4 Å². The number of amides is 2. The van der Waals surface area contributed by atoms with Crippen molar-refractivity contribution in [2.24, 2.45) is 0 Å². The van der Waals surface area contributed by atoms with Crippen LogP contribution < -0.4 is 10.6 Å². The number of piperazine rings is 1. The average Bonchev–Trinajstić information content (AvgIpc) is 2.82. The van der Waals surface area contributed by atoms with Crippen molar-refractivity contribution >= 4 is 38.5 Å². The SMILES string of the molecule is Cc1ccc2nc(NC(=O)CN3CCNCC3=O)sc2c1. The van der Waals surface area contributed by atoms with Gasteiger partial charge in [-0.3, -0.25) is 9.59 Å². The number of fused-ring (bicyclic) bond motifs is 1. The summed E-state index contributed by atoms with van der Waals surface area (Å²) in [4.78, 5) is 29.6. The molecule has 0 bridgehead atoms. The topological polar surface area (TPSA) is 74.3 Å². The molecule has 1 aliphatic heterocycles. The lowest BCUT2D eigenvalue weighted by molar-refractivity contribution is -0.135. The summed E-state index contributed by atoms with van der Waals surface area (Å²) < 4.78 is 1.04. The molecule has 1 aliphatic rings. The van der Waals surface area contributed by atoms with E-state index in [-0.39, 0.29) is 18.4 Å². The van der Waals surface area contributed by atoms with Gasteiger partial charge in [0.2, 0.25) is 11.8 Å². The summed E-state index contributed by atoms with van der Waals surface area (Å²) in [7, 11) is 0. The Bertz CT molecular complexity index is 697. The highest BCUT2D eigenvalue weighted by molar-refractivity contribution is 7.22. The molecule has 6 nitrogen and oxygen atoms in total. The third-order valence-corrected chi connectivity index (χ3v) is 4.25. The minimum atomic E-state index is -0.207. The van der Waals surface area contributed by atoms with Gasteiger partial charge in [0.25, 0.3) is 0 Å². The van der Waals surface area contributed by atoms with Crippen LogP contribution >= 0.6 is 11.3 Å². The van der Waals surface area contributed by atoms with Crippen molar-refractivity contribution in [3.63, 3.8) is 0 Å². The van der Waals surface area contributed by atoms with Crippen LogP contribution in [0.3, 0.4) is 0 Å². The van der Waals surface area contributed by atoms with Crippen LogP contribution in [0.1, 0.15) is 5.56 Å². The molecule has 7 heteroatoms. The van der Waals surface area contributed by atoms with E-state index in [4.69, 9.17) is 0 Å². The number of nitrogens with one attached hydrogen (secondary N) is 2. The second-order valence-electron chi connectivity index (χ2n) is 5.03. The Morgan fingerprint density at radius 2 is 2.38 bits per heavy atom. The Labute approximate surface area is 126 Å². The first-order valence-corrected chi connectivity index (χ1v) is 7.59. The van der Waals surface area contributed by atoms with Crippen molar-refractivity contribution in [3.8, 4) is 0 Å². The molecule has 0 atom stereocenters. The molecule has 0 spiro atoms. The van der Waals surface area contributed by atoms with Gasteiger partial charge in [0.05, 0.1) is 16.8 Å². The van der Waals surface area contributed by atoms with Gasteiger partial charge in [-0.15, -0.1) is 0 Å². The van der Waals surface area contributed by atoms with Crippen molar-refractivity contribution in [3.05, 3.63) is 23.8 Å². The van der Waals surface area contributed by atoms with E-state index < -0.39 is 0 Å². The summed E-state index contributed by atoms with van der Waals surface area (Å²) in [5.74, 6) is -0.252. The van der Waals surface area contributed by atoms with Crippen molar-refractivity contribution in [1.82, 2.24) is 15.2 Å². The van der Waals surface area contributed by atoms with E-state index in [1.54, 1.807) is 4.90 Å². The second kappa shape index (κ2) is 5.79. The highest BCUT2D eigenvalue weighted by atomic mass is 32.1. The Hall–Kier alpha value is -1.99. The third-order valence-electron chi connectivity index (χ3n) is 3.31. The number of aryl methyl sites for hydroxylation is 1. The van der Waals surface area contributed by atoms with Crippen LogP contribution in [-0.4, -0.2) is 47.9 Å². The number of carbonyl (C=O) groups excluding carboxylic acids is 2. The van der Waals surface area contributed by atoms with Gasteiger partial charge in [-0.25, -0.2) is 4.98 Å². The van der Waals surface area contributed by atoms with Gasteiger partial charge in [0.1, 0.15) is 6.54 Å². The lowest BCUT2D eigenvalue weighted by atomic mass is 10.2. The van der Waals surface area contributed by atoms with Crippen LogP contribution in [0.15, 0.2) is 18.2 Å². The van der Waals surface area contributed by atoms with Crippen LogP contribution in [0.2, 0.25) is 0 Å². The van der Waals surface area contributed by atoms with Gasteiger partial charge in [0, 0.05) is 13.1 Å². The number of anilines is 1. The zero-order valence-corrected chi connectivity index (χ0v) is 12.5. The fraction of sp³-hybridized carbons (Fsp3) is 0.357. The minimum absolute atomic E-state index is 0.0451. The average molecular weight is 304 g/mol. The number of thiazole rings is 1. The van der Waals surface area contributed by atoms with Crippen LogP contribution in [0.4, 0.5) is 5.13 Å². The fourth-order valence-electron chi connectivity index (χ4n) is 2.23. The summed E-state index contributed by atoms with van der Waals surface area (Å²) in [5, 5.41) is 6.32. The van der Waals surface area contributed by atoms with Crippen LogP contribution in [0.5, 0.6) is 0 Å². The molecule has 2 N–H and O–H groups in total. The highest BCUT2D eigenvalue weighted by Crippen LogP contribution is 2.26. The lowest BCUT2D eigenvalue weighted by Crippen LogP contribution is -2.50. The number of benzene rings is 1. The van der Waals surface area contributed by atoms with E-state index in [1.807, 2.05) is 25.1 Å². The zero-order chi connectivity index (χ0) is 14.8. The molecule has 1 fully saturated rings. The van der Waals surface area contributed by atoms with Crippen molar-refractivity contribution < 1.29 is 9.59 Å². The number of aromatic nitrogens is 1. The number of nitrogens with zero attached hydrogens (tertiary/aromatic N) is 2. The maximum atomic E-state index is 12.0. The Kier molecular flexibility index (Phi) is 3.85. The van der Waals surface area contributed by atoms with Gasteiger partial charge >= 0.3 is 0 Å². The smallest absolute Gasteiger partial charge is 0.245 e. The van der Waals surface area contributed by atoms with E-state index in [2.05, 4.69) is 15.6 Å². The molecule has 110 valence electrons. The molecule has 2 amide bonds. The standard InChI is InChI=1S/C14H16N4O2S/c1-9-2-3-10-11(6-9)21-14(16-10)17-12(19)8-18-5-4-15-7-13(18)20/h2-3,6,15H,4-5,7-8H2,1H3,(H,16,17,19). The van der Waals surface area contributed by atoms with Crippen LogP contribution in [0.25, 0.3) is 10.2 Å². The quantitative estimate of drug-likeness (QED) is 0.886. The van der Waals surface area contributed by atoms with E-state index >= 15 is 0 Å². The monoisotopic (exact) mass is 304 g/mol. The Morgan fingerprint density at radius 3 is 3.19 bits per heavy atom. The van der Waals surface area contributed by atoms with Crippen molar-refractivity contribution in [1.29, 1.82) is 0 Å². The first kappa shape index (κ1) is 14.0. The summed E-state index contributed by atoms with van der Waals surface area (Å²) in [6.07, 6.45) is 0. The van der Waals surface area contributed by atoms with E-state index in [0.717, 1.165) is 22.3 Å². The largest absolute Gasteiger partial charge is 0.331 e. The molecule has 0 aliphatic carbocycles. The molecular formula is C14H16N4O2S. The van der Waals surface area contributed by atoms with Gasteiger partial charge in [-0.2, -0.15) is 0 Å². The van der Waals surface area contributed by atoms with Crippen molar-refractivity contribution in [2.75, 3.05) is 31.5 Å². The first-order valence-electron chi connectivity index (χ1n) is 6.77. The molecular weight excluding hydrogens is 288 g/mol. The molecule has 2 heterocycles. The molecule has 0 radical (unpaired) electrons. The molecule has 0 unspecified atom stereocenters. The predicted octanol–water partition coefficient (Wildman–Crippen LogP) is 0.975. The summed E-state index contributed by atoms with van der Waals surface area (Å²) in [6, 6.07) is 5.98. The van der Waals surface area contributed by atoms with E-state index in [0.29, 0.717) is 18.2 Å². The molecule has 21 heavy (non-hydrogen) atoms. The van der Waals surface area contributed by atoms with Crippen LogP contribution in [-0.2, 0) is 9.59 Å². The second-order valence-corrected chi connectivity index (χ2v) is 6.06. The normalized spacial score (nSPS) is 15.5. The maximum absolute atomic E-state index is 12.0. The maximum Gasteiger partial charge on any atom is 0.245 e. The predicted molar refractivity (Wildman–Crippen MR) is 82.4 cm³/mol. The Morgan fingerprint density at radius 1 is 1.52 bits per heavy atom. The van der Waals surface area contributed by atoms with E-state index in [9.17, 15) is 9.59 Å². The number of carbonyl (C=O) groups is 2. The number of rotatable bonds is 3. The Balaban J connectivity index is 1.66. The van der Waals surface area contributed by atoms with Gasteiger partial charge in [0.15, 0.2) is 5.13 Å². The minimum Gasteiger partial charge on any atom is -0.331 e. The van der Waals surface area contributed by atoms with Crippen LogP contribution in [0, 0.1) is 6.92 Å². The lowest BCUT2D eigenvalue weighted by Gasteiger charge is -2.26. The first-order chi connectivity index (χ1) is 10.1. The molecule has 1 aromatic heterocycles. The number of hydrogen-bond acceptors (Lipinski definition) is 5. The molecule has 0 saturated carbocycles. The fourth-order valence-corrected chi connectivity index (χ4v) is 3.21. The van der Waals surface area contributed by atoms with Gasteiger partial charge in [-0.05, 0) is 24.6 Å². The summed E-state index contributed by atoms with van der Waals surface area (Å²) >= 11 is 1.44. The molecule has 1 saturated heterocycles. The van der Waals surface area contributed by atoms with Gasteiger partial charge < -0.3 is 15.5 Å². The molecule has 1 aromatic carbocycles. The summed E-state index contributed by atoms with van der Waals surface area (Å²) in [5.41, 5.74) is 2.04. The highest BCUT2D eigenvalue weighted by Gasteiger charge is 2.20. The summed E-state index contributed by atoms with van der Waals surface area (Å²) in [6.45, 7) is 3.68. The zero-order valence-electron chi connectivity index (χ0n) is 11.7.